The maximum atomic E-state index is 13.6. The van der Waals surface area contributed by atoms with Crippen molar-refractivity contribution in [3.05, 3.63) is 142 Å². The zero-order valence-corrected chi connectivity index (χ0v) is 25.0. The smallest absolute Gasteiger partial charge is 0.301 e. The number of ether oxygens (including phenoxy) is 1. The third kappa shape index (κ3) is 6.19. The van der Waals surface area contributed by atoms with Gasteiger partial charge in [-0.05, 0) is 34.9 Å². The Balaban J connectivity index is 1.36. The highest BCUT2D eigenvalue weighted by atomic mass is 35.5. The van der Waals surface area contributed by atoms with Gasteiger partial charge in [-0.2, -0.15) is 0 Å². The first kappa shape index (κ1) is 28.7. The third-order valence-corrected chi connectivity index (χ3v) is 9.30. The molecule has 5 aromatic rings. The second-order valence-corrected chi connectivity index (χ2v) is 12.2. The second kappa shape index (κ2) is 12.8. The molecular weight excluding hydrogens is 602 g/mol. The number of halogens is 1. The molecule has 10 heteroatoms. The lowest BCUT2D eigenvalue weighted by molar-refractivity contribution is -0.132. The van der Waals surface area contributed by atoms with Crippen LogP contribution < -0.4 is 9.64 Å². The molecule has 1 aliphatic rings. The fraction of sp³-hybridized carbons (Fsp3) is 0.0909. The summed E-state index contributed by atoms with van der Waals surface area (Å²) in [6, 6.07) is 32.2. The van der Waals surface area contributed by atoms with Gasteiger partial charge in [0.05, 0.1) is 11.6 Å². The van der Waals surface area contributed by atoms with Crippen molar-refractivity contribution in [1.29, 1.82) is 0 Å². The predicted octanol–water partition coefficient (Wildman–Crippen LogP) is 7.69. The number of ketones is 1. The number of aromatic nitrogens is 2. The van der Waals surface area contributed by atoms with Gasteiger partial charge in [-0.3, -0.25) is 14.5 Å². The summed E-state index contributed by atoms with van der Waals surface area (Å²) >= 11 is 8.94. The average molecular weight is 626 g/mol. The van der Waals surface area contributed by atoms with E-state index in [1.165, 1.54) is 28.0 Å². The van der Waals surface area contributed by atoms with Gasteiger partial charge in [0.25, 0.3) is 5.78 Å². The number of aliphatic hydroxyl groups excluding tert-OH is 1. The van der Waals surface area contributed by atoms with E-state index in [-0.39, 0.29) is 16.5 Å². The molecule has 214 valence electrons. The molecule has 1 unspecified atom stereocenters. The maximum absolute atomic E-state index is 13.6. The number of thioether (sulfide) groups is 1. The zero-order valence-electron chi connectivity index (χ0n) is 22.6. The van der Waals surface area contributed by atoms with Crippen LogP contribution in [0.25, 0.3) is 5.76 Å². The summed E-state index contributed by atoms with van der Waals surface area (Å²) in [4.78, 5) is 28.4. The van der Waals surface area contributed by atoms with E-state index in [0.29, 0.717) is 38.6 Å². The lowest BCUT2D eigenvalue weighted by Crippen LogP contribution is -2.29. The highest BCUT2D eigenvalue weighted by Crippen LogP contribution is 2.44. The largest absolute Gasteiger partial charge is 0.507 e. The van der Waals surface area contributed by atoms with Gasteiger partial charge in [0.15, 0.2) is 4.34 Å². The Bertz CT molecular complexity index is 1810. The molecule has 1 aromatic heterocycles. The van der Waals surface area contributed by atoms with Crippen molar-refractivity contribution in [2.75, 3.05) is 4.90 Å². The van der Waals surface area contributed by atoms with Crippen molar-refractivity contribution >= 4 is 57.3 Å². The lowest BCUT2D eigenvalue weighted by atomic mass is 9.95. The molecule has 1 saturated heterocycles. The van der Waals surface area contributed by atoms with Crippen LogP contribution in [0.2, 0.25) is 5.02 Å². The monoisotopic (exact) mass is 625 g/mol. The molecule has 0 spiro atoms. The number of nitrogens with zero attached hydrogens (tertiary/aromatic N) is 3. The summed E-state index contributed by atoms with van der Waals surface area (Å²) in [5.74, 6) is -0.746. The van der Waals surface area contributed by atoms with E-state index in [9.17, 15) is 14.7 Å². The van der Waals surface area contributed by atoms with Crippen LogP contribution in [0.1, 0.15) is 28.3 Å². The van der Waals surface area contributed by atoms with E-state index in [1.54, 1.807) is 42.5 Å². The summed E-state index contributed by atoms with van der Waals surface area (Å²) in [5.41, 5.74) is 2.93. The van der Waals surface area contributed by atoms with E-state index in [4.69, 9.17) is 16.3 Å². The first-order valence-electron chi connectivity index (χ1n) is 13.3. The molecule has 1 N–H and O–H groups in total. The first-order chi connectivity index (χ1) is 21.0. The van der Waals surface area contributed by atoms with Crippen LogP contribution in [-0.4, -0.2) is 27.0 Å². The normalized spacial score (nSPS) is 16.0. The van der Waals surface area contributed by atoms with E-state index in [2.05, 4.69) is 10.2 Å². The summed E-state index contributed by atoms with van der Waals surface area (Å²) in [6.07, 6.45) is 0. The van der Waals surface area contributed by atoms with Crippen molar-refractivity contribution in [2.24, 2.45) is 0 Å². The van der Waals surface area contributed by atoms with Crippen molar-refractivity contribution in [3.8, 4) is 5.75 Å². The highest BCUT2D eigenvalue weighted by molar-refractivity contribution is 8.00. The van der Waals surface area contributed by atoms with Gasteiger partial charge in [-0.25, -0.2) is 0 Å². The van der Waals surface area contributed by atoms with E-state index in [1.807, 2.05) is 66.7 Å². The molecule has 0 radical (unpaired) electrons. The van der Waals surface area contributed by atoms with Crippen molar-refractivity contribution in [1.82, 2.24) is 10.2 Å². The Kier molecular flexibility index (Phi) is 8.55. The Labute approximate surface area is 261 Å². The fourth-order valence-corrected chi connectivity index (χ4v) is 6.88. The van der Waals surface area contributed by atoms with Gasteiger partial charge in [0.2, 0.25) is 5.13 Å². The van der Waals surface area contributed by atoms with Crippen LogP contribution in [0.15, 0.2) is 119 Å². The fourth-order valence-electron chi connectivity index (χ4n) is 4.73. The third-order valence-electron chi connectivity index (χ3n) is 6.82. The Hall–Kier alpha value is -4.44. The summed E-state index contributed by atoms with van der Waals surface area (Å²) in [6.45, 7) is 0.344. The van der Waals surface area contributed by atoms with Gasteiger partial charge >= 0.3 is 5.91 Å². The van der Waals surface area contributed by atoms with Crippen LogP contribution in [-0.2, 0) is 21.9 Å². The molecule has 7 nitrogen and oxygen atoms in total. The number of anilines is 1. The minimum atomic E-state index is -0.949. The molecule has 0 saturated carbocycles. The molecule has 1 aliphatic heterocycles. The molecule has 1 atom stereocenters. The Morgan fingerprint density at radius 2 is 1.63 bits per heavy atom. The van der Waals surface area contributed by atoms with Crippen molar-refractivity contribution in [3.63, 3.8) is 0 Å². The number of hydrogen-bond donors (Lipinski definition) is 1. The van der Waals surface area contributed by atoms with Gasteiger partial charge in [-0.15, -0.1) is 10.2 Å². The van der Waals surface area contributed by atoms with E-state index in [0.717, 1.165) is 11.1 Å². The quantitative estimate of drug-likeness (QED) is 0.0590. The SMILES string of the molecule is O=C1C(=O)N(c2nnc(SCc3ccccc3Cl)s2)C(c2cccc(OCc3ccccc3)c2)/C1=C(\O)c1ccccc1. The minimum Gasteiger partial charge on any atom is -0.507 e. The van der Waals surface area contributed by atoms with E-state index >= 15 is 0 Å². The number of carbonyl (C=O) groups excluding carboxylic acids is 2. The number of Topliss-reactive ketones (excluding diaryl/α,β-unsaturated/α-hetero) is 1. The summed E-state index contributed by atoms with van der Waals surface area (Å²) in [5, 5.41) is 20.8. The predicted molar refractivity (Wildman–Crippen MR) is 169 cm³/mol. The number of hydrogen-bond acceptors (Lipinski definition) is 8. The average Bonchev–Trinajstić information content (AvgIpc) is 3.62. The number of carbonyl (C=O) groups is 2. The van der Waals surface area contributed by atoms with Crippen LogP contribution in [0.3, 0.4) is 0 Å². The summed E-state index contributed by atoms with van der Waals surface area (Å²) in [7, 11) is 0. The van der Waals surface area contributed by atoms with Crippen molar-refractivity contribution in [2.45, 2.75) is 22.7 Å². The summed E-state index contributed by atoms with van der Waals surface area (Å²) < 4.78 is 6.66. The topological polar surface area (TPSA) is 92.6 Å². The second-order valence-electron chi connectivity index (χ2n) is 9.61. The van der Waals surface area contributed by atoms with Gasteiger partial charge in [-0.1, -0.05) is 126 Å². The molecule has 1 fully saturated rings. The highest BCUT2D eigenvalue weighted by Gasteiger charge is 2.48. The van der Waals surface area contributed by atoms with Crippen molar-refractivity contribution < 1.29 is 19.4 Å². The maximum Gasteiger partial charge on any atom is 0.301 e. The molecule has 43 heavy (non-hydrogen) atoms. The molecule has 6 rings (SSSR count). The standard InChI is InChI=1S/C33H24ClN3O4S2/c34-26-17-8-7-14-24(26)20-42-33-36-35-32(43-33)37-28(27(30(39)31(37)40)29(38)22-12-5-2-6-13-22)23-15-9-16-25(18-23)41-19-21-10-3-1-4-11-21/h1-18,28,38H,19-20H2/b29-27+. The molecule has 0 aliphatic carbocycles. The zero-order chi connectivity index (χ0) is 29.8. The van der Waals surface area contributed by atoms with Gasteiger partial charge in [0, 0.05) is 16.3 Å². The van der Waals surface area contributed by atoms with Crippen LogP contribution in [0.5, 0.6) is 5.75 Å². The number of amides is 1. The molecule has 2 heterocycles. The lowest BCUT2D eigenvalue weighted by Gasteiger charge is -2.23. The number of rotatable bonds is 9. The Morgan fingerprint density at radius 1 is 0.907 bits per heavy atom. The molecular formula is C33H24ClN3O4S2. The Morgan fingerprint density at radius 3 is 2.40 bits per heavy atom. The number of aliphatic hydroxyl groups is 1. The minimum absolute atomic E-state index is 0.0307. The van der Waals surface area contributed by atoms with Gasteiger partial charge in [0.1, 0.15) is 18.1 Å². The molecule has 1 amide bonds. The molecule has 0 bridgehead atoms. The number of benzene rings is 4. The van der Waals surface area contributed by atoms with E-state index < -0.39 is 17.7 Å². The molecule has 4 aromatic carbocycles. The van der Waals surface area contributed by atoms with Crippen LogP contribution >= 0.6 is 34.7 Å². The first-order valence-corrected chi connectivity index (χ1v) is 15.5. The van der Waals surface area contributed by atoms with Gasteiger partial charge < -0.3 is 9.84 Å². The van der Waals surface area contributed by atoms with Crippen LogP contribution in [0.4, 0.5) is 5.13 Å². The van der Waals surface area contributed by atoms with Crippen LogP contribution in [0, 0.1) is 0 Å².